The predicted octanol–water partition coefficient (Wildman–Crippen LogP) is 2.42. The molecular formula is C19H32N2O2. The molecule has 0 aliphatic carbocycles. The van der Waals surface area contributed by atoms with Crippen molar-refractivity contribution in [1.82, 2.24) is 10.2 Å². The van der Waals surface area contributed by atoms with Crippen LogP contribution in [0.4, 0.5) is 0 Å². The largest absolute Gasteiger partial charge is 0.391 e. The Kier molecular flexibility index (Phi) is 7.03. The van der Waals surface area contributed by atoms with E-state index in [0.717, 1.165) is 26.1 Å². The summed E-state index contributed by atoms with van der Waals surface area (Å²) in [6.07, 6.45) is 2.77. The van der Waals surface area contributed by atoms with Gasteiger partial charge >= 0.3 is 0 Å². The number of hydrogen-bond donors (Lipinski definition) is 2. The van der Waals surface area contributed by atoms with E-state index in [1.165, 1.54) is 18.4 Å². The van der Waals surface area contributed by atoms with E-state index in [1.807, 2.05) is 0 Å². The first kappa shape index (κ1) is 18.4. The van der Waals surface area contributed by atoms with Crippen LogP contribution in [0.3, 0.4) is 0 Å². The number of ether oxygens (including phenoxy) is 1. The number of methoxy groups -OCH3 is 1. The van der Waals surface area contributed by atoms with Crippen LogP contribution < -0.4 is 5.32 Å². The van der Waals surface area contributed by atoms with E-state index in [4.69, 9.17) is 4.74 Å². The molecule has 1 aromatic carbocycles. The van der Waals surface area contributed by atoms with Crippen molar-refractivity contribution in [1.29, 1.82) is 0 Å². The minimum Gasteiger partial charge on any atom is -0.391 e. The lowest BCUT2D eigenvalue weighted by Crippen LogP contribution is -2.60. The maximum atomic E-state index is 9.78. The first-order valence-electron chi connectivity index (χ1n) is 8.73. The van der Waals surface area contributed by atoms with Crippen molar-refractivity contribution in [3.05, 3.63) is 35.9 Å². The van der Waals surface area contributed by atoms with Crippen LogP contribution in [0.1, 0.15) is 38.7 Å². The SMILES string of the molecule is COCC(O)CCNC1CCCN(Cc2ccccc2)C1(C)C. The summed E-state index contributed by atoms with van der Waals surface area (Å²) >= 11 is 0. The predicted molar refractivity (Wildman–Crippen MR) is 94.5 cm³/mol. The second kappa shape index (κ2) is 8.78. The van der Waals surface area contributed by atoms with Gasteiger partial charge in [0.25, 0.3) is 0 Å². The van der Waals surface area contributed by atoms with Crippen molar-refractivity contribution < 1.29 is 9.84 Å². The Balaban J connectivity index is 1.88. The standard InChI is InChI=1S/C19H32N2O2/c1-19(2)18(20-12-11-17(22)15-23-3)10-7-13-21(19)14-16-8-5-4-6-9-16/h4-6,8-9,17-18,20,22H,7,10-15H2,1-3H3. The highest BCUT2D eigenvalue weighted by Crippen LogP contribution is 2.29. The van der Waals surface area contributed by atoms with E-state index in [1.54, 1.807) is 7.11 Å². The molecule has 130 valence electrons. The van der Waals surface area contributed by atoms with Gasteiger partial charge in [-0.3, -0.25) is 4.90 Å². The van der Waals surface area contributed by atoms with E-state index >= 15 is 0 Å². The van der Waals surface area contributed by atoms with Gasteiger partial charge in [-0.25, -0.2) is 0 Å². The third kappa shape index (κ3) is 5.28. The molecule has 0 aromatic heterocycles. The monoisotopic (exact) mass is 320 g/mol. The van der Waals surface area contributed by atoms with Crippen LogP contribution >= 0.6 is 0 Å². The van der Waals surface area contributed by atoms with E-state index in [2.05, 4.69) is 54.4 Å². The van der Waals surface area contributed by atoms with Crippen LogP contribution in [0.5, 0.6) is 0 Å². The van der Waals surface area contributed by atoms with Crippen LogP contribution in [0.2, 0.25) is 0 Å². The highest BCUT2D eigenvalue weighted by atomic mass is 16.5. The Morgan fingerprint density at radius 2 is 2.09 bits per heavy atom. The summed E-state index contributed by atoms with van der Waals surface area (Å²) in [5, 5.41) is 13.4. The van der Waals surface area contributed by atoms with Crippen molar-refractivity contribution in [2.75, 3.05) is 26.8 Å². The van der Waals surface area contributed by atoms with E-state index in [0.29, 0.717) is 12.6 Å². The minimum atomic E-state index is -0.375. The molecule has 0 radical (unpaired) electrons. The van der Waals surface area contributed by atoms with Gasteiger partial charge in [0.1, 0.15) is 0 Å². The van der Waals surface area contributed by atoms with E-state index < -0.39 is 0 Å². The molecule has 2 N–H and O–H groups in total. The number of rotatable bonds is 8. The number of aliphatic hydroxyl groups excluding tert-OH is 1. The molecule has 1 aliphatic rings. The molecule has 4 nitrogen and oxygen atoms in total. The van der Waals surface area contributed by atoms with Crippen LogP contribution in [-0.4, -0.2) is 54.5 Å². The molecule has 2 atom stereocenters. The van der Waals surface area contributed by atoms with Gasteiger partial charge in [0.15, 0.2) is 0 Å². The summed E-state index contributed by atoms with van der Waals surface area (Å²) in [4.78, 5) is 2.58. The van der Waals surface area contributed by atoms with Gasteiger partial charge in [-0.15, -0.1) is 0 Å². The third-order valence-electron chi connectivity index (χ3n) is 5.03. The first-order chi connectivity index (χ1) is 11.0. The molecule has 0 amide bonds. The molecule has 0 saturated carbocycles. The number of benzene rings is 1. The summed E-state index contributed by atoms with van der Waals surface area (Å²) in [5.41, 5.74) is 1.48. The fraction of sp³-hybridized carbons (Fsp3) is 0.684. The van der Waals surface area contributed by atoms with Crippen molar-refractivity contribution >= 4 is 0 Å². The van der Waals surface area contributed by atoms with E-state index in [9.17, 15) is 5.11 Å². The van der Waals surface area contributed by atoms with E-state index in [-0.39, 0.29) is 11.6 Å². The summed E-state index contributed by atoms with van der Waals surface area (Å²) in [5.74, 6) is 0. The number of likely N-dealkylation sites (tertiary alicyclic amines) is 1. The smallest absolute Gasteiger partial charge is 0.0785 e. The molecule has 0 spiro atoms. The van der Waals surface area contributed by atoms with Gasteiger partial charge < -0.3 is 15.2 Å². The van der Waals surface area contributed by atoms with Gasteiger partial charge in [0.2, 0.25) is 0 Å². The number of nitrogens with zero attached hydrogens (tertiary/aromatic N) is 1. The van der Waals surface area contributed by atoms with Crippen molar-refractivity contribution in [3.8, 4) is 0 Å². The fourth-order valence-corrected chi connectivity index (χ4v) is 3.49. The van der Waals surface area contributed by atoms with Crippen LogP contribution in [0, 0.1) is 0 Å². The van der Waals surface area contributed by atoms with Crippen molar-refractivity contribution in [2.45, 2.75) is 57.3 Å². The molecule has 4 heteroatoms. The molecule has 1 heterocycles. The minimum absolute atomic E-state index is 0.111. The zero-order valence-electron chi connectivity index (χ0n) is 14.8. The molecule has 2 rings (SSSR count). The summed E-state index contributed by atoms with van der Waals surface area (Å²) < 4.78 is 4.98. The molecule has 1 aliphatic heterocycles. The molecule has 0 bridgehead atoms. The lowest BCUT2D eigenvalue weighted by atomic mass is 9.84. The average molecular weight is 320 g/mol. The Bertz CT molecular complexity index is 450. The lowest BCUT2D eigenvalue weighted by Gasteiger charge is -2.48. The maximum Gasteiger partial charge on any atom is 0.0785 e. The maximum absolute atomic E-state index is 9.78. The second-order valence-corrected chi connectivity index (χ2v) is 7.11. The topological polar surface area (TPSA) is 44.7 Å². The molecule has 23 heavy (non-hydrogen) atoms. The van der Waals surface area contributed by atoms with Gasteiger partial charge in [-0.05, 0) is 51.8 Å². The van der Waals surface area contributed by atoms with Gasteiger partial charge in [-0.2, -0.15) is 0 Å². The zero-order valence-corrected chi connectivity index (χ0v) is 14.8. The van der Waals surface area contributed by atoms with Gasteiger partial charge in [-0.1, -0.05) is 30.3 Å². The van der Waals surface area contributed by atoms with Crippen LogP contribution in [-0.2, 0) is 11.3 Å². The molecule has 2 unspecified atom stereocenters. The number of piperidine rings is 1. The normalized spacial score (nSPS) is 22.9. The third-order valence-corrected chi connectivity index (χ3v) is 5.03. The zero-order chi connectivity index (χ0) is 16.7. The lowest BCUT2D eigenvalue weighted by molar-refractivity contribution is 0.0297. The number of nitrogens with one attached hydrogen (secondary N) is 1. The summed E-state index contributed by atoms with van der Waals surface area (Å²) in [6, 6.07) is 11.1. The summed E-state index contributed by atoms with van der Waals surface area (Å²) in [6.45, 7) is 8.05. The highest BCUT2D eigenvalue weighted by Gasteiger charge is 2.37. The first-order valence-corrected chi connectivity index (χ1v) is 8.73. The Morgan fingerprint density at radius 3 is 2.78 bits per heavy atom. The number of hydrogen-bond acceptors (Lipinski definition) is 4. The Morgan fingerprint density at radius 1 is 1.35 bits per heavy atom. The van der Waals surface area contributed by atoms with Crippen LogP contribution in [0.25, 0.3) is 0 Å². The fourth-order valence-electron chi connectivity index (χ4n) is 3.49. The Labute approximate surface area is 140 Å². The molecular weight excluding hydrogens is 288 g/mol. The van der Waals surface area contributed by atoms with Crippen molar-refractivity contribution in [2.24, 2.45) is 0 Å². The average Bonchev–Trinajstić information content (AvgIpc) is 2.52. The van der Waals surface area contributed by atoms with Gasteiger partial charge in [0.05, 0.1) is 12.7 Å². The van der Waals surface area contributed by atoms with Crippen molar-refractivity contribution in [3.63, 3.8) is 0 Å². The summed E-state index contributed by atoms with van der Waals surface area (Å²) in [7, 11) is 1.63. The highest BCUT2D eigenvalue weighted by molar-refractivity contribution is 5.15. The molecule has 1 aromatic rings. The number of aliphatic hydroxyl groups is 1. The van der Waals surface area contributed by atoms with Crippen LogP contribution in [0.15, 0.2) is 30.3 Å². The quantitative estimate of drug-likeness (QED) is 0.772. The second-order valence-electron chi connectivity index (χ2n) is 7.11. The van der Waals surface area contributed by atoms with Gasteiger partial charge in [0, 0.05) is 25.2 Å². The Hall–Kier alpha value is -0.940. The molecule has 1 fully saturated rings. The molecule has 1 saturated heterocycles.